The topological polar surface area (TPSA) is 95.5 Å². The van der Waals surface area contributed by atoms with E-state index in [2.05, 4.69) is 15.5 Å². The molecule has 0 unspecified atom stereocenters. The highest BCUT2D eigenvalue weighted by molar-refractivity contribution is 8.01. The monoisotopic (exact) mass is 465 g/mol. The summed E-state index contributed by atoms with van der Waals surface area (Å²) in [5, 5.41) is 13.5. The molecule has 1 aliphatic carbocycles. The molecule has 0 bridgehead atoms. The minimum atomic E-state index is -3.50. The molecule has 1 N–H and O–H groups in total. The summed E-state index contributed by atoms with van der Waals surface area (Å²) in [6, 6.07) is 9.83. The van der Waals surface area contributed by atoms with Crippen LogP contribution in [0.4, 0.5) is 5.13 Å². The van der Waals surface area contributed by atoms with Gasteiger partial charge in [0.2, 0.25) is 21.1 Å². The normalized spacial score (nSPS) is 18.1. The first-order valence-electron chi connectivity index (χ1n) is 9.73. The lowest BCUT2D eigenvalue weighted by atomic mass is 10.2. The number of anilines is 1. The van der Waals surface area contributed by atoms with Crippen LogP contribution in [-0.2, 0) is 14.8 Å². The largest absolute Gasteiger partial charge is 0.357 e. The quantitative estimate of drug-likeness (QED) is 0.598. The molecular weight excluding hydrogens is 442 g/mol. The van der Waals surface area contributed by atoms with Crippen molar-refractivity contribution in [2.24, 2.45) is 0 Å². The van der Waals surface area contributed by atoms with Crippen LogP contribution in [0.2, 0.25) is 0 Å². The third-order valence-electron chi connectivity index (χ3n) is 4.81. The van der Waals surface area contributed by atoms with Gasteiger partial charge in [-0.3, -0.25) is 4.79 Å². The van der Waals surface area contributed by atoms with Crippen LogP contribution in [0.1, 0.15) is 18.4 Å². The van der Waals surface area contributed by atoms with E-state index in [-0.39, 0.29) is 11.7 Å². The van der Waals surface area contributed by atoms with Crippen LogP contribution >= 0.6 is 23.1 Å². The van der Waals surface area contributed by atoms with Gasteiger partial charge in [0, 0.05) is 37.6 Å². The molecule has 8 nitrogen and oxygen atoms in total. The summed E-state index contributed by atoms with van der Waals surface area (Å²) in [5.41, 5.74) is 0.832. The van der Waals surface area contributed by atoms with Crippen molar-refractivity contribution in [3.63, 3.8) is 0 Å². The Kier molecular flexibility index (Phi) is 6.71. The van der Waals surface area contributed by atoms with Gasteiger partial charge in [-0.15, -0.1) is 10.2 Å². The molecule has 1 aliphatic heterocycles. The summed E-state index contributed by atoms with van der Waals surface area (Å²) in [6.45, 7) is 1.38. The SMILES string of the molecule is O=C(CSc1nnc(NC2CC2)s1)N1CCN(S(=O)(=O)C=Cc2ccccc2)CC1. The predicted octanol–water partition coefficient (Wildman–Crippen LogP) is 2.35. The first-order valence-corrected chi connectivity index (χ1v) is 13.0. The Balaban J connectivity index is 1.23. The average molecular weight is 466 g/mol. The minimum Gasteiger partial charge on any atom is -0.357 e. The van der Waals surface area contributed by atoms with Gasteiger partial charge in [0.05, 0.1) is 5.75 Å². The molecule has 2 aliphatic rings. The number of benzene rings is 1. The van der Waals surface area contributed by atoms with Crippen molar-refractivity contribution in [2.45, 2.75) is 23.2 Å². The molecule has 160 valence electrons. The maximum atomic E-state index is 12.5. The maximum Gasteiger partial charge on any atom is 0.236 e. The number of sulfonamides is 1. The van der Waals surface area contributed by atoms with Crippen LogP contribution in [-0.4, -0.2) is 71.7 Å². The number of thioether (sulfide) groups is 1. The Bertz CT molecular complexity index is 997. The molecule has 0 atom stereocenters. The molecule has 0 spiro atoms. The van der Waals surface area contributed by atoms with Gasteiger partial charge in [0.15, 0.2) is 4.34 Å². The fourth-order valence-corrected chi connectivity index (χ4v) is 5.86. The van der Waals surface area contributed by atoms with Crippen molar-refractivity contribution < 1.29 is 13.2 Å². The molecule has 2 aromatic rings. The van der Waals surface area contributed by atoms with Crippen LogP contribution in [0.5, 0.6) is 0 Å². The van der Waals surface area contributed by atoms with Gasteiger partial charge in [0.1, 0.15) is 0 Å². The van der Waals surface area contributed by atoms with Crippen LogP contribution < -0.4 is 5.32 Å². The maximum absolute atomic E-state index is 12.5. The van der Waals surface area contributed by atoms with E-state index >= 15 is 0 Å². The lowest BCUT2D eigenvalue weighted by Crippen LogP contribution is -2.50. The molecule has 4 rings (SSSR count). The zero-order valence-corrected chi connectivity index (χ0v) is 18.8. The van der Waals surface area contributed by atoms with E-state index in [4.69, 9.17) is 0 Å². The minimum absolute atomic E-state index is 0.0104. The summed E-state index contributed by atoms with van der Waals surface area (Å²) in [7, 11) is -3.50. The van der Waals surface area contributed by atoms with Crippen molar-refractivity contribution in [2.75, 3.05) is 37.2 Å². The fraction of sp³-hybridized carbons (Fsp3) is 0.421. The fourth-order valence-electron chi connectivity index (χ4n) is 2.95. The Morgan fingerprint density at radius 2 is 1.90 bits per heavy atom. The molecule has 2 heterocycles. The summed E-state index contributed by atoms with van der Waals surface area (Å²) in [6.07, 6.45) is 3.94. The van der Waals surface area contributed by atoms with Crippen molar-refractivity contribution in [1.29, 1.82) is 0 Å². The predicted molar refractivity (Wildman–Crippen MR) is 120 cm³/mol. The van der Waals surface area contributed by atoms with E-state index in [0.29, 0.717) is 32.2 Å². The van der Waals surface area contributed by atoms with Crippen molar-refractivity contribution in [1.82, 2.24) is 19.4 Å². The van der Waals surface area contributed by atoms with Gasteiger partial charge in [-0.05, 0) is 24.5 Å². The van der Waals surface area contributed by atoms with Crippen LogP contribution in [0.25, 0.3) is 6.08 Å². The van der Waals surface area contributed by atoms with Gasteiger partial charge in [-0.25, -0.2) is 8.42 Å². The van der Waals surface area contributed by atoms with Gasteiger partial charge < -0.3 is 10.2 Å². The standard InChI is InChI=1S/C19H23N5O3S3/c25-17(14-28-19-22-21-18(29-19)20-16-6-7-16)23-9-11-24(12-10-23)30(26,27)13-8-15-4-2-1-3-5-15/h1-5,8,13,16H,6-7,9-12,14H2,(H,20,21). The number of rotatable bonds is 8. The second-order valence-electron chi connectivity index (χ2n) is 7.12. The molecule has 11 heteroatoms. The molecule has 1 aromatic carbocycles. The number of hydrogen-bond donors (Lipinski definition) is 1. The van der Waals surface area contributed by atoms with Gasteiger partial charge >= 0.3 is 0 Å². The van der Waals surface area contributed by atoms with Crippen molar-refractivity contribution >= 4 is 50.2 Å². The molecule has 1 aromatic heterocycles. The molecule has 1 saturated heterocycles. The van der Waals surface area contributed by atoms with E-state index in [9.17, 15) is 13.2 Å². The van der Waals surface area contributed by atoms with Crippen LogP contribution in [0, 0.1) is 0 Å². The number of carbonyl (C=O) groups is 1. The average Bonchev–Trinajstić information content (AvgIpc) is 3.47. The number of piperazine rings is 1. The molecule has 1 amide bonds. The van der Waals surface area contributed by atoms with Gasteiger partial charge in [-0.2, -0.15) is 4.31 Å². The molecule has 1 saturated carbocycles. The molecule has 2 fully saturated rings. The number of carbonyl (C=O) groups excluding carboxylic acids is 1. The zero-order chi connectivity index (χ0) is 21.0. The lowest BCUT2D eigenvalue weighted by Gasteiger charge is -2.33. The zero-order valence-electron chi connectivity index (χ0n) is 16.3. The Morgan fingerprint density at radius 1 is 1.17 bits per heavy atom. The second kappa shape index (κ2) is 9.46. The second-order valence-corrected chi connectivity index (χ2v) is 11.1. The van der Waals surface area contributed by atoms with Gasteiger partial charge in [0.25, 0.3) is 0 Å². The summed E-state index contributed by atoms with van der Waals surface area (Å²) in [4.78, 5) is 14.2. The number of nitrogens with zero attached hydrogens (tertiary/aromatic N) is 4. The summed E-state index contributed by atoms with van der Waals surface area (Å²) < 4.78 is 27.3. The summed E-state index contributed by atoms with van der Waals surface area (Å²) in [5.74, 6) is 0.266. The lowest BCUT2D eigenvalue weighted by molar-refractivity contribution is -0.129. The smallest absolute Gasteiger partial charge is 0.236 e. The van der Waals surface area contributed by atoms with Gasteiger partial charge in [-0.1, -0.05) is 53.4 Å². The Labute approximate surface area is 184 Å². The highest BCUT2D eigenvalue weighted by atomic mass is 32.2. The van der Waals surface area contributed by atoms with Crippen molar-refractivity contribution in [3.8, 4) is 0 Å². The van der Waals surface area contributed by atoms with E-state index in [1.54, 1.807) is 11.0 Å². The Hall–Kier alpha value is -1.95. The number of nitrogens with one attached hydrogen (secondary N) is 1. The van der Waals surface area contributed by atoms with E-state index < -0.39 is 10.0 Å². The third kappa shape index (κ3) is 5.81. The first-order chi connectivity index (χ1) is 14.5. The van der Waals surface area contributed by atoms with Crippen molar-refractivity contribution in [3.05, 3.63) is 41.3 Å². The Morgan fingerprint density at radius 3 is 2.60 bits per heavy atom. The number of aromatic nitrogens is 2. The van der Waals surface area contributed by atoms with Crippen LogP contribution in [0.3, 0.4) is 0 Å². The van der Waals surface area contributed by atoms with Crippen LogP contribution in [0.15, 0.2) is 40.1 Å². The number of amides is 1. The van der Waals surface area contributed by atoms with E-state index in [1.165, 1.54) is 45.7 Å². The highest BCUT2D eigenvalue weighted by Crippen LogP contribution is 2.30. The highest BCUT2D eigenvalue weighted by Gasteiger charge is 2.27. The summed E-state index contributed by atoms with van der Waals surface area (Å²) >= 11 is 2.83. The van der Waals surface area contributed by atoms with E-state index in [1.807, 2.05) is 30.3 Å². The first kappa shape index (κ1) is 21.3. The molecule has 0 radical (unpaired) electrons. The van der Waals surface area contributed by atoms with E-state index in [0.717, 1.165) is 15.0 Å². The molecular formula is C19H23N5O3S3. The molecule has 30 heavy (non-hydrogen) atoms. The third-order valence-corrected chi connectivity index (χ3v) is 8.35. The number of hydrogen-bond acceptors (Lipinski definition) is 8.